The van der Waals surface area contributed by atoms with E-state index in [1.54, 1.807) is 0 Å². The Morgan fingerprint density at radius 2 is 2.00 bits per heavy atom. The van der Waals surface area contributed by atoms with Crippen molar-refractivity contribution in [2.24, 2.45) is 17.3 Å². The minimum Gasteiger partial charge on any atom is -0.393 e. The van der Waals surface area contributed by atoms with E-state index in [1.165, 1.54) is 32.1 Å². The largest absolute Gasteiger partial charge is 0.393 e. The van der Waals surface area contributed by atoms with E-state index in [1.807, 2.05) is 0 Å². The van der Waals surface area contributed by atoms with Crippen LogP contribution in [-0.2, 0) is 0 Å². The van der Waals surface area contributed by atoms with Crippen molar-refractivity contribution in [3.63, 3.8) is 0 Å². The van der Waals surface area contributed by atoms with Gasteiger partial charge in [0.2, 0.25) is 0 Å². The second-order valence-corrected chi connectivity index (χ2v) is 4.92. The fourth-order valence-corrected chi connectivity index (χ4v) is 3.75. The van der Waals surface area contributed by atoms with Crippen molar-refractivity contribution in [1.29, 1.82) is 0 Å². The molecule has 1 heteroatoms. The maximum atomic E-state index is 9.57. The Hall–Kier alpha value is -0.0400. The van der Waals surface area contributed by atoms with Crippen LogP contribution in [0.1, 0.15) is 38.5 Å². The van der Waals surface area contributed by atoms with Gasteiger partial charge in [-0.1, -0.05) is 6.42 Å². The number of fused-ring (bicyclic) bond motifs is 3. The molecule has 3 fully saturated rings. The molecule has 3 aliphatic carbocycles. The van der Waals surface area contributed by atoms with Gasteiger partial charge >= 0.3 is 0 Å². The highest BCUT2D eigenvalue weighted by molar-refractivity contribution is 5.07. The minimum absolute atomic E-state index is 0.0752. The van der Waals surface area contributed by atoms with E-state index in [-0.39, 0.29) is 6.10 Å². The van der Waals surface area contributed by atoms with Crippen LogP contribution in [0, 0.1) is 17.3 Å². The Labute approximate surface area is 67.8 Å². The molecule has 0 aromatic carbocycles. The standard InChI is InChI=1S/C10H16O/c11-9-5-8-4-7(9)6-10(8)2-1-3-10/h7-9,11H,1-6H2/t7-,8-,9+/m1/s1. The normalized spacial score (nSPS) is 51.5. The molecule has 0 aliphatic heterocycles. The number of aliphatic hydroxyl groups is 1. The summed E-state index contributed by atoms with van der Waals surface area (Å²) < 4.78 is 0. The molecule has 3 aliphatic rings. The van der Waals surface area contributed by atoms with E-state index < -0.39 is 0 Å². The van der Waals surface area contributed by atoms with Gasteiger partial charge in [0, 0.05) is 0 Å². The molecule has 1 spiro atoms. The van der Waals surface area contributed by atoms with Gasteiger partial charge in [-0.15, -0.1) is 0 Å². The van der Waals surface area contributed by atoms with Crippen LogP contribution in [0.2, 0.25) is 0 Å². The first-order valence-corrected chi connectivity index (χ1v) is 4.98. The molecule has 0 radical (unpaired) electrons. The number of aliphatic hydroxyl groups excluding tert-OH is 1. The van der Waals surface area contributed by atoms with Gasteiger partial charge in [-0.3, -0.25) is 0 Å². The Balaban J connectivity index is 1.85. The predicted molar refractivity (Wildman–Crippen MR) is 43.1 cm³/mol. The number of rotatable bonds is 0. The molecule has 2 bridgehead atoms. The second kappa shape index (κ2) is 1.82. The average molecular weight is 152 g/mol. The van der Waals surface area contributed by atoms with Crippen molar-refractivity contribution >= 4 is 0 Å². The number of hydrogen-bond acceptors (Lipinski definition) is 1. The zero-order valence-electron chi connectivity index (χ0n) is 6.92. The summed E-state index contributed by atoms with van der Waals surface area (Å²) in [6.45, 7) is 0. The predicted octanol–water partition coefficient (Wildman–Crippen LogP) is 1.95. The van der Waals surface area contributed by atoms with Crippen molar-refractivity contribution in [2.45, 2.75) is 44.6 Å². The molecule has 62 valence electrons. The van der Waals surface area contributed by atoms with Gasteiger partial charge < -0.3 is 5.11 Å². The van der Waals surface area contributed by atoms with Gasteiger partial charge in [-0.2, -0.15) is 0 Å². The summed E-state index contributed by atoms with van der Waals surface area (Å²) >= 11 is 0. The summed E-state index contributed by atoms with van der Waals surface area (Å²) in [6.07, 6.45) is 8.32. The lowest BCUT2D eigenvalue weighted by molar-refractivity contribution is 0.00177. The summed E-state index contributed by atoms with van der Waals surface area (Å²) in [5.41, 5.74) is 0.754. The first-order valence-electron chi connectivity index (χ1n) is 4.98. The molecule has 0 unspecified atom stereocenters. The van der Waals surface area contributed by atoms with E-state index in [0.717, 1.165) is 17.8 Å². The summed E-state index contributed by atoms with van der Waals surface area (Å²) in [6, 6.07) is 0. The average Bonchev–Trinajstić information content (AvgIpc) is 2.39. The molecule has 0 amide bonds. The van der Waals surface area contributed by atoms with Gasteiger partial charge in [0.15, 0.2) is 0 Å². The first kappa shape index (κ1) is 6.47. The molecular weight excluding hydrogens is 136 g/mol. The Bertz CT molecular complexity index is 181. The molecule has 3 atom stereocenters. The smallest absolute Gasteiger partial charge is 0.0571 e. The molecule has 1 nitrogen and oxygen atoms in total. The van der Waals surface area contributed by atoms with E-state index in [0.29, 0.717) is 5.92 Å². The third kappa shape index (κ3) is 0.658. The van der Waals surface area contributed by atoms with E-state index >= 15 is 0 Å². The first-order chi connectivity index (χ1) is 5.30. The molecule has 0 heterocycles. The van der Waals surface area contributed by atoms with Gasteiger partial charge in [0.05, 0.1) is 6.10 Å². The quantitative estimate of drug-likeness (QED) is 0.562. The van der Waals surface area contributed by atoms with Crippen LogP contribution in [0.5, 0.6) is 0 Å². The van der Waals surface area contributed by atoms with Crippen LogP contribution in [0.25, 0.3) is 0 Å². The zero-order valence-corrected chi connectivity index (χ0v) is 6.92. The van der Waals surface area contributed by atoms with Crippen LogP contribution < -0.4 is 0 Å². The minimum atomic E-state index is 0.0752. The van der Waals surface area contributed by atoms with Crippen molar-refractivity contribution in [2.75, 3.05) is 0 Å². The lowest BCUT2D eigenvalue weighted by atomic mass is 9.59. The van der Waals surface area contributed by atoms with Gasteiger partial charge in [0.25, 0.3) is 0 Å². The van der Waals surface area contributed by atoms with Crippen molar-refractivity contribution in [3.8, 4) is 0 Å². The van der Waals surface area contributed by atoms with Crippen LogP contribution in [0.15, 0.2) is 0 Å². The highest BCUT2D eigenvalue weighted by atomic mass is 16.3. The van der Waals surface area contributed by atoms with Crippen molar-refractivity contribution in [3.05, 3.63) is 0 Å². The van der Waals surface area contributed by atoms with Crippen LogP contribution in [0.3, 0.4) is 0 Å². The molecular formula is C10H16O. The third-order valence-corrected chi connectivity index (χ3v) is 4.54. The van der Waals surface area contributed by atoms with Crippen molar-refractivity contribution < 1.29 is 5.11 Å². The number of hydrogen-bond donors (Lipinski definition) is 1. The van der Waals surface area contributed by atoms with E-state index in [2.05, 4.69) is 0 Å². The maximum Gasteiger partial charge on any atom is 0.0571 e. The highest BCUT2D eigenvalue weighted by Crippen LogP contribution is 2.64. The molecule has 0 aromatic heterocycles. The molecule has 1 N–H and O–H groups in total. The Morgan fingerprint density at radius 3 is 2.36 bits per heavy atom. The highest BCUT2D eigenvalue weighted by Gasteiger charge is 2.56. The summed E-state index contributed by atoms with van der Waals surface area (Å²) in [5.74, 6) is 1.61. The maximum absolute atomic E-state index is 9.57. The lowest BCUT2D eigenvalue weighted by Gasteiger charge is -2.46. The molecule has 0 saturated heterocycles. The summed E-state index contributed by atoms with van der Waals surface area (Å²) in [5, 5.41) is 9.57. The van der Waals surface area contributed by atoms with Gasteiger partial charge in [-0.25, -0.2) is 0 Å². The van der Waals surface area contributed by atoms with Gasteiger partial charge in [0.1, 0.15) is 0 Å². The van der Waals surface area contributed by atoms with E-state index in [4.69, 9.17) is 0 Å². The molecule has 3 saturated carbocycles. The van der Waals surface area contributed by atoms with Crippen LogP contribution in [0.4, 0.5) is 0 Å². The van der Waals surface area contributed by atoms with Crippen LogP contribution >= 0.6 is 0 Å². The summed E-state index contributed by atoms with van der Waals surface area (Å²) in [7, 11) is 0. The zero-order chi connectivity index (χ0) is 7.47. The lowest BCUT2D eigenvalue weighted by Crippen LogP contribution is -2.38. The fraction of sp³-hybridized carbons (Fsp3) is 1.00. The van der Waals surface area contributed by atoms with E-state index in [9.17, 15) is 5.11 Å². The Morgan fingerprint density at radius 1 is 1.18 bits per heavy atom. The Kier molecular flexibility index (Phi) is 1.07. The second-order valence-electron chi connectivity index (χ2n) is 4.92. The molecule has 0 aromatic rings. The topological polar surface area (TPSA) is 20.2 Å². The molecule has 3 rings (SSSR count). The molecule has 11 heavy (non-hydrogen) atoms. The van der Waals surface area contributed by atoms with Crippen LogP contribution in [-0.4, -0.2) is 11.2 Å². The van der Waals surface area contributed by atoms with Crippen molar-refractivity contribution in [1.82, 2.24) is 0 Å². The SMILES string of the molecule is O[C@H]1C[C@H]2C[C@@H]1CC21CCC1. The van der Waals surface area contributed by atoms with Gasteiger partial charge in [-0.05, 0) is 49.4 Å². The summed E-state index contributed by atoms with van der Waals surface area (Å²) in [4.78, 5) is 0. The third-order valence-electron chi connectivity index (χ3n) is 4.54. The monoisotopic (exact) mass is 152 g/mol. The fourth-order valence-electron chi connectivity index (χ4n) is 3.75.